The van der Waals surface area contributed by atoms with Crippen molar-refractivity contribution in [3.63, 3.8) is 0 Å². The van der Waals surface area contributed by atoms with Gasteiger partial charge in [0.05, 0.1) is 12.7 Å². The first kappa shape index (κ1) is 13.8. The van der Waals surface area contributed by atoms with Gasteiger partial charge in [-0.05, 0) is 6.42 Å². The Balaban J connectivity index is 1.91. The zero-order chi connectivity index (χ0) is 14.7. The lowest BCUT2D eigenvalue weighted by Gasteiger charge is -2.33. The van der Waals surface area contributed by atoms with Crippen molar-refractivity contribution in [1.29, 1.82) is 0 Å². The third-order valence-electron chi connectivity index (χ3n) is 3.68. The van der Waals surface area contributed by atoms with Gasteiger partial charge in [-0.25, -0.2) is 9.97 Å². The third kappa shape index (κ3) is 3.13. The topological polar surface area (TPSA) is 64.3 Å². The van der Waals surface area contributed by atoms with E-state index in [1.54, 1.807) is 0 Å². The Hall–Kier alpha value is -2.14. The molecule has 0 bridgehead atoms. The maximum absolute atomic E-state index is 5.96. The minimum atomic E-state index is 0.259. The molecule has 0 aliphatic carbocycles. The van der Waals surface area contributed by atoms with Crippen LogP contribution in [-0.2, 0) is 4.74 Å². The molecule has 1 saturated heterocycles. The average molecular weight is 284 g/mol. The van der Waals surface area contributed by atoms with Crippen molar-refractivity contribution in [1.82, 2.24) is 9.97 Å². The van der Waals surface area contributed by atoms with Crippen LogP contribution >= 0.6 is 0 Å². The van der Waals surface area contributed by atoms with Gasteiger partial charge in [0.25, 0.3) is 0 Å². The van der Waals surface area contributed by atoms with Crippen LogP contribution in [0.3, 0.4) is 0 Å². The number of aromatic nitrogens is 2. The molecule has 110 valence electrons. The summed E-state index contributed by atoms with van der Waals surface area (Å²) >= 11 is 0. The summed E-state index contributed by atoms with van der Waals surface area (Å²) in [6.07, 6.45) is 1.26. The molecule has 1 atom stereocenters. The van der Waals surface area contributed by atoms with E-state index in [1.807, 2.05) is 36.4 Å². The molecule has 5 nitrogen and oxygen atoms in total. The first-order valence-corrected chi connectivity index (χ1v) is 7.33. The van der Waals surface area contributed by atoms with Gasteiger partial charge in [0.2, 0.25) is 0 Å². The molecule has 2 N–H and O–H groups in total. The average Bonchev–Trinajstić information content (AvgIpc) is 2.55. The van der Waals surface area contributed by atoms with Crippen molar-refractivity contribution in [3.05, 3.63) is 36.4 Å². The van der Waals surface area contributed by atoms with Crippen LogP contribution in [0.4, 0.5) is 11.6 Å². The highest BCUT2D eigenvalue weighted by atomic mass is 16.5. The SMILES string of the molecule is CCC1CN(c2cc(N)nc(-c3ccccc3)n2)CCO1. The third-order valence-corrected chi connectivity index (χ3v) is 3.68. The van der Waals surface area contributed by atoms with Gasteiger partial charge >= 0.3 is 0 Å². The summed E-state index contributed by atoms with van der Waals surface area (Å²) in [6.45, 7) is 4.54. The van der Waals surface area contributed by atoms with Crippen molar-refractivity contribution < 1.29 is 4.74 Å². The molecule has 0 radical (unpaired) electrons. The second-order valence-electron chi connectivity index (χ2n) is 5.19. The van der Waals surface area contributed by atoms with Crippen molar-refractivity contribution in [2.75, 3.05) is 30.3 Å². The predicted octanol–water partition coefficient (Wildman–Crippen LogP) is 2.34. The normalized spacial score (nSPS) is 18.7. The number of morpholine rings is 1. The molecule has 1 aromatic carbocycles. The Morgan fingerprint density at radius 3 is 2.86 bits per heavy atom. The Morgan fingerprint density at radius 2 is 2.10 bits per heavy atom. The Labute approximate surface area is 124 Å². The lowest BCUT2D eigenvalue weighted by molar-refractivity contribution is 0.0382. The lowest BCUT2D eigenvalue weighted by Crippen LogP contribution is -2.42. The van der Waals surface area contributed by atoms with Gasteiger partial charge in [-0.1, -0.05) is 37.3 Å². The number of ether oxygens (including phenoxy) is 1. The smallest absolute Gasteiger partial charge is 0.163 e. The minimum Gasteiger partial charge on any atom is -0.384 e. The van der Waals surface area contributed by atoms with Crippen LogP contribution < -0.4 is 10.6 Å². The van der Waals surface area contributed by atoms with Crippen LogP contribution in [0.1, 0.15) is 13.3 Å². The molecule has 1 aromatic heterocycles. The standard InChI is InChI=1S/C16H20N4O/c1-2-13-11-20(8-9-21-13)15-10-14(17)18-16(19-15)12-6-4-3-5-7-12/h3-7,10,13H,2,8-9,11H2,1H3,(H2,17,18,19). The highest BCUT2D eigenvalue weighted by Crippen LogP contribution is 2.23. The van der Waals surface area contributed by atoms with E-state index in [4.69, 9.17) is 10.5 Å². The zero-order valence-corrected chi connectivity index (χ0v) is 12.2. The van der Waals surface area contributed by atoms with Crippen molar-refractivity contribution in [2.24, 2.45) is 0 Å². The van der Waals surface area contributed by atoms with E-state index < -0.39 is 0 Å². The first-order chi connectivity index (χ1) is 10.3. The van der Waals surface area contributed by atoms with Gasteiger partial charge < -0.3 is 15.4 Å². The fourth-order valence-corrected chi connectivity index (χ4v) is 2.51. The van der Waals surface area contributed by atoms with Gasteiger partial charge in [0.15, 0.2) is 5.82 Å². The van der Waals surface area contributed by atoms with E-state index in [1.165, 1.54) is 0 Å². The molecular formula is C16H20N4O. The predicted molar refractivity (Wildman–Crippen MR) is 84.1 cm³/mol. The summed E-state index contributed by atoms with van der Waals surface area (Å²) in [7, 11) is 0. The quantitative estimate of drug-likeness (QED) is 0.937. The van der Waals surface area contributed by atoms with E-state index in [2.05, 4.69) is 21.8 Å². The van der Waals surface area contributed by atoms with Gasteiger partial charge in [0.1, 0.15) is 11.6 Å². The van der Waals surface area contributed by atoms with Gasteiger partial charge in [-0.3, -0.25) is 0 Å². The second-order valence-corrected chi connectivity index (χ2v) is 5.19. The largest absolute Gasteiger partial charge is 0.384 e. The molecular weight excluding hydrogens is 264 g/mol. The molecule has 21 heavy (non-hydrogen) atoms. The number of nitrogens with zero attached hydrogens (tertiary/aromatic N) is 3. The zero-order valence-electron chi connectivity index (χ0n) is 12.2. The van der Waals surface area contributed by atoms with Gasteiger partial charge in [-0.2, -0.15) is 0 Å². The molecule has 3 rings (SSSR count). The van der Waals surface area contributed by atoms with Crippen LogP contribution in [0, 0.1) is 0 Å². The number of benzene rings is 1. The lowest BCUT2D eigenvalue weighted by atomic mass is 10.2. The van der Waals surface area contributed by atoms with Crippen LogP contribution in [0.5, 0.6) is 0 Å². The molecule has 1 fully saturated rings. The van der Waals surface area contributed by atoms with Crippen LogP contribution in [-0.4, -0.2) is 35.8 Å². The number of hydrogen-bond acceptors (Lipinski definition) is 5. The van der Waals surface area contributed by atoms with E-state index in [9.17, 15) is 0 Å². The number of nitrogen functional groups attached to an aromatic ring is 1. The molecule has 0 saturated carbocycles. The number of rotatable bonds is 3. The maximum atomic E-state index is 5.96. The Kier molecular flexibility index (Phi) is 4.01. The summed E-state index contributed by atoms with van der Waals surface area (Å²) in [5, 5.41) is 0. The van der Waals surface area contributed by atoms with Gasteiger partial charge in [0, 0.05) is 24.7 Å². The summed E-state index contributed by atoms with van der Waals surface area (Å²) in [5.41, 5.74) is 6.94. The summed E-state index contributed by atoms with van der Waals surface area (Å²) < 4.78 is 5.71. The number of hydrogen-bond donors (Lipinski definition) is 1. The molecule has 1 aliphatic rings. The molecule has 1 unspecified atom stereocenters. The van der Waals surface area contributed by atoms with E-state index >= 15 is 0 Å². The van der Waals surface area contributed by atoms with Crippen LogP contribution in [0.2, 0.25) is 0 Å². The Bertz CT molecular complexity index is 602. The second kappa shape index (κ2) is 6.10. The van der Waals surface area contributed by atoms with Crippen LogP contribution in [0.15, 0.2) is 36.4 Å². The first-order valence-electron chi connectivity index (χ1n) is 7.33. The van der Waals surface area contributed by atoms with E-state index in [0.717, 1.165) is 37.5 Å². The molecule has 0 spiro atoms. The Morgan fingerprint density at radius 1 is 1.29 bits per heavy atom. The number of anilines is 2. The number of nitrogens with two attached hydrogens (primary N) is 1. The van der Waals surface area contributed by atoms with Gasteiger partial charge in [-0.15, -0.1) is 0 Å². The summed E-state index contributed by atoms with van der Waals surface area (Å²) in [4.78, 5) is 11.2. The van der Waals surface area contributed by atoms with E-state index in [0.29, 0.717) is 11.6 Å². The summed E-state index contributed by atoms with van der Waals surface area (Å²) in [5.74, 6) is 2.05. The fourth-order valence-electron chi connectivity index (χ4n) is 2.51. The van der Waals surface area contributed by atoms with Crippen molar-refractivity contribution >= 4 is 11.6 Å². The monoisotopic (exact) mass is 284 g/mol. The van der Waals surface area contributed by atoms with E-state index in [-0.39, 0.29) is 6.10 Å². The highest BCUT2D eigenvalue weighted by Gasteiger charge is 2.21. The molecule has 1 aliphatic heterocycles. The molecule has 0 amide bonds. The van der Waals surface area contributed by atoms with Crippen molar-refractivity contribution in [2.45, 2.75) is 19.4 Å². The minimum absolute atomic E-state index is 0.259. The van der Waals surface area contributed by atoms with Crippen molar-refractivity contribution in [3.8, 4) is 11.4 Å². The molecule has 2 aromatic rings. The molecule has 5 heteroatoms. The molecule has 2 heterocycles. The maximum Gasteiger partial charge on any atom is 0.163 e. The summed E-state index contributed by atoms with van der Waals surface area (Å²) in [6, 6.07) is 11.8. The van der Waals surface area contributed by atoms with Crippen LogP contribution in [0.25, 0.3) is 11.4 Å². The fraction of sp³-hybridized carbons (Fsp3) is 0.375. The highest BCUT2D eigenvalue weighted by molar-refractivity contribution is 5.60.